The van der Waals surface area contributed by atoms with Gasteiger partial charge in [-0.3, -0.25) is 0 Å². The van der Waals surface area contributed by atoms with Gasteiger partial charge in [0.1, 0.15) is 11.5 Å². The predicted octanol–water partition coefficient (Wildman–Crippen LogP) is 5.56. The molecule has 0 saturated heterocycles. The molecule has 1 aliphatic rings. The van der Waals surface area contributed by atoms with Crippen molar-refractivity contribution in [2.24, 2.45) is 10.8 Å². The zero-order valence-electron chi connectivity index (χ0n) is 20.7. The van der Waals surface area contributed by atoms with Crippen LogP contribution >= 0.6 is 24.4 Å². The monoisotopic (exact) mass is 500 g/mol. The minimum atomic E-state index is 0.0606. The first kappa shape index (κ1) is 26.0. The van der Waals surface area contributed by atoms with Crippen molar-refractivity contribution < 1.29 is 9.47 Å². The van der Waals surface area contributed by atoms with Gasteiger partial charge in [0, 0.05) is 36.1 Å². The van der Waals surface area contributed by atoms with E-state index in [0.717, 1.165) is 48.7 Å². The molecule has 0 bridgehead atoms. The van der Waals surface area contributed by atoms with Gasteiger partial charge in [0.25, 0.3) is 0 Å². The van der Waals surface area contributed by atoms with Crippen LogP contribution in [0.2, 0.25) is 0 Å². The van der Waals surface area contributed by atoms with Crippen LogP contribution in [-0.2, 0) is 0 Å². The van der Waals surface area contributed by atoms with Gasteiger partial charge in [-0.25, -0.2) is 0 Å². The fourth-order valence-corrected chi connectivity index (χ4v) is 5.57. The van der Waals surface area contributed by atoms with Crippen LogP contribution in [0.1, 0.15) is 40.0 Å². The molecule has 0 unspecified atom stereocenters. The second-order valence-electron chi connectivity index (χ2n) is 10.1. The van der Waals surface area contributed by atoms with E-state index in [9.17, 15) is 0 Å². The molecule has 1 saturated carbocycles. The van der Waals surface area contributed by atoms with Crippen molar-refractivity contribution in [3.8, 4) is 11.5 Å². The molecule has 0 amide bonds. The number of rotatable bonds is 7. The van der Waals surface area contributed by atoms with Crippen LogP contribution in [-0.4, -0.2) is 37.0 Å². The number of anilines is 2. The molecule has 2 aromatic carbocycles. The van der Waals surface area contributed by atoms with Crippen LogP contribution in [0.25, 0.3) is 0 Å². The number of hydrogen-bond acceptors (Lipinski definition) is 4. The SMILES string of the molecule is COc1cccc(NC(=S)NC[C@@]2(C)C[C@@H](NC(=S)Nc3cccc(OC)c3)CC(C)(C)C2)c1. The average Bonchev–Trinajstić information content (AvgIpc) is 2.76. The number of methoxy groups -OCH3 is 2. The van der Waals surface area contributed by atoms with Gasteiger partial charge in [-0.05, 0) is 78.8 Å². The van der Waals surface area contributed by atoms with Crippen molar-refractivity contribution >= 4 is 46.0 Å². The molecule has 0 aliphatic heterocycles. The third kappa shape index (κ3) is 7.74. The van der Waals surface area contributed by atoms with Crippen LogP contribution in [0, 0.1) is 10.8 Å². The van der Waals surface area contributed by atoms with Crippen molar-refractivity contribution in [1.29, 1.82) is 0 Å². The van der Waals surface area contributed by atoms with Crippen molar-refractivity contribution in [3.63, 3.8) is 0 Å². The van der Waals surface area contributed by atoms with Crippen LogP contribution in [0.15, 0.2) is 48.5 Å². The highest BCUT2D eigenvalue weighted by Crippen LogP contribution is 2.45. The quantitative estimate of drug-likeness (QED) is 0.369. The van der Waals surface area contributed by atoms with Gasteiger partial charge in [0.2, 0.25) is 0 Å². The maximum atomic E-state index is 5.63. The molecule has 0 heterocycles. The van der Waals surface area contributed by atoms with E-state index in [1.807, 2.05) is 48.5 Å². The molecule has 3 rings (SSSR count). The van der Waals surface area contributed by atoms with E-state index in [1.54, 1.807) is 14.2 Å². The molecule has 0 spiro atoms. The summed E-state index contributed by atoms with van der Waals surface area (Å²) in [6.07, 6.45) is 3.14. The van der Waals surface area contributed by atoms with E-state index < -0.39 is 0 Å². The summed E-state index contributed by atoms with van der Waals surface area (Å²) < 4.78 is 10.6. The number of benzene rings is 2. The molecular weight excluding hydrogens is 464 g/mol. The maximum absolute atomic E-state index is 5.63. The molecule has 0 aromatic heterocycles. The molecule has 8 heteroatoms. The average molecular weight is 501 g/mol. The Kier molecular flexibility index (Phi) is 8.60. The Labute approximate surface area is 214 Å². The van der Waals surface area contributed by atoms with Crippen LogP contribution in [0.3, 0.4) is 0 Å². The van der Waals surface area contributed by atoms with Crippen molar-refractivity contribution in [2.75, 3.05) is 31.4 Å². The lowest BCUT2D eigenvalue weighted by Gasteiger charge is -2.47. The molecular formula is C26H36N4O2S2. The van der Waals surface area contributed by atoms with E-state index in [1.165, 1.54) is 0 Å². The normalized spacial score (nSPS) is 21.1. The van der Waals surface area contributed by atoms with Crippen molar-refractivity contribution in [3.05, 3.63) is 48.5 Å². The number of nitrogens with one attached hydrogen (secondary N) is 4. The Balaban J connectivity index is 1.57. The van der Waals surface area contributed by atoms with Gasteiger partial charge in [0.05, 0.1) is 14.2 Å². The second-order valence-corrected chi connectivity index (χ2v) is 10.9. The Morgan fingerprint density at radius 2 is 1.44 bits per heavy atom. The first-order valence-electron chi connectivity index (χ1n) is 11.5. The minimum Gasteiger partial charge on any atom is -0.497 e. The molecule has 34 heavy (non-hydrogen) atoms. The highest BCUT2D eigenvalue weighted by Gasteiger charge is 2.41. The highest BCUT2D eigenvalue weighted by molar-refractivity contribution is 7.80. The lowest BCUT2D eigenvalue weighted by atomic mass is 9.62. The summed E-state index contributed by atoms with van der Waals surface area (Å²) >= 11 is 11.2. The first-order chi connectivity index (χ1) is 16.1. The Morgan fingerprint density at radius 1 is 0.882 bits per heavy atom. The standard InChI is InChI=1S/C26H36N4O2S2/c1-25(2)14-20(30-24(34)29-19-9-7-11-22(13-19)32-5)15-26(3,16-25)17-27-23(33)28-18-8-6-10-21(12-18)31-4/h6-13,20H,14-17H2,1-5H3,(H2,27,28,33)(H2,29,30,34)/t20-,26-/m0/s1. The van der Waals surface area contributed by atoms with Gasteiger partial charge in [-0.15, -0.1) is 0 Å². The largest absolute Gasteiger partial charge is 0.497 e. The van der Waals surface area contributed by atoms with Gasteiger partial charge in [-0.1, -0.05) is 32.9 Å². The summed E-state index contributed by atoms with van der Waals surface area (Å²) in [6.45, 7) is 7.75. The molecule has 0 radical (unpaired) electrons. The van der Waals surface area contributed by atoms with Gasteiger partial charge < -0.3 is 30.7 Å². The second kappa shape index (κ2) is 11.2. The van der Waals surface area contributed by atoms with E-state index in [4.69, 9.17) is 33.9 Å². The Hall–Kier alpha value is -2.58. The minimum absolute atomic E-state index is 0.0606. The van der Waals surface area contributed by atoms with E-state index >= 15 is 0 Å². The zero-order valence-corrected chi connectivity index (χ0v) is 22.3. The molecule has 184 valence electrons. The molecule has 4 N–H and O–H groups in total. The smallest absolute Gasteiger partial charge is 0.170 e. The summed E-state index contributed by atoms with van der Waals surface area (Å²) in [5.74, 6) is 1.59. The topological polar surface area (TPSA) is 66.6 Å². The molecule has 1 aliphatic carbocycles. The van der Waals surface area contributed by atoms with Crippen molar-refractivity contribution in [1.82, 2.24) is 10.6 Å². The number of ether oxygens (including phenoxy) is 2. The summed E-state index contributed by atoms with van der Waals surface area (Å²) in [6, 6.07) is 15.8. The maximum Gasteiger partial charge on any atom is 0.170 e. The number of thiocarbonyl (C=S) groups is 2. The van der Waals surface area contributed by atoms with Crippen LogP contribution in [0.5, 0.6) is 11.5 Å². The van der Waals surface area contributed by atoms with E-state index in [-0.39, 0.29) is 16.9 Å². The molecule has 2 aromatic rings. The third-order valence-corrected chi connectivity index (χ3v) is 6.58. The van der Waals surface area contributed by atoms with Gasteiger partial charge in [-0.2, -0.15) is 0 Å². The predicted molar refractivity (Wildman–Crippen MR) is 149 cm³/mol. The Bertz CT molecular complexity index is 1010. The first-order valence-corrected chi connectivity index (χ1v) is 12.3. The molecule has 6 nitrogen and oxygen atoms in total. The molecule has 2 atom stereocenters. The third-order valence-electron chi connectivity index (χ3n) is 6.11. The summed E-state index contributed by atoms with van der Waals surface area (Å²) in [5.41, 5.74) is 2.05. The fourth-order valence-electron chi connectivity index (χ4n) is 5.09. The van der Waals surface area contributed by atoms with Gasteiger partial charge >= 0.3 is 0 Å². The van der Waals surface area contributed by atoms with Crippen LogP contribution < -0.4 is 30.7 Å². The Morgan fingerprint density at radius 3 is 2.00 bits per heavy atom. The zero-order chi connectivity index (χ0) is 24.8. The van der Waals surface area contributed by atoms with Crippen LogP contribution in [0.4, 0.5) is 11.4 Å². The summed E-state index contributed by atoms with van der Waals surface area (Å²) in [7, 11) is 3.32. The lowest BCUT2D eigenvalue weighted by molar-refractivity contribution is 0.0807. The summed E-state index contributed by atoms with van der Waals surface area (Å²) in [5, 5.41) is 14.8. The molecule has 1 fully saturated rings. The van der Waals surface area contributed by atoms with E-state index in [0.29, 0.717) is 10.2 Å². The van der Waals surface area contributed by atoms with E-state index in [2.05, 4.69) is 42.0 Å². The highest BCUT2D eigenvalue weighted by atomic mass is 32.1. The van der Waals surface area contributed by atoms with Gasteiger partial charge in [0.15, 0.2) is 10.2 Å². The lowest BCUT2D eigenvalue weighted by Crippen LogP contribution is -2.51. The summed E-state index contributed by atoms with van der Waals surface area (Å²) in [4.78, 5) is 0. The fraction of sp³-hybridized carbons (Fsp3) is 0.462. The number of hydrogen-bond donors (Lipinski definition) is 4. The van der Waals surface area contributed by atoms with Crippen molar-refractivity contribution in [2.45, 2.75) is 46.1 Å².